The Hall–Kier alpha value is -3.57. The van der Waals surface area contributed by atoms with Crippen LogP contribution in [0.25, 0.3) is 10.4 Å². The molecule has 0 aliphatic heterocycles. The van der Waals surface area contributed by atoms with Crippen LogP contribution in [-0.2, 0) is 12.8 Å². The number of aryl methyl sites for hydroxylation is 2. The molecule has 2 aliphatic carbocycles. The molecule has 0 fully saturated rings. The Morgan fingerprint density at radius 2 is 1.50 bits per heavy atom. The Balaban J connectivity index is 0.000000177. The van der Waals surface area contributed by atoms with E-state index in [-0.39, 0.29) is 11.5 Å². The van der Waals surface area contributed by atoms with Gasteiger partial charge in [-0.2, -0.15) is 0 Å². The number of nitrogens with zero attached hydrogens (tertiary/aromatic N) is 2. The van der Waals surface area contributed by atoms with Crippen molar-refractivity contribution in [2.24, 2.45) is 0 Å². The third-order valence-electron chi connectivity index (χ3n) is 5.49. The lowest BCUT2D eigenvalue weighted by Gasteiger charge is -2.20. The Labute approximate surface area is 177 Å². The summed E-state index contributed by atoms with van der Waals surface area (Å²) in [6.45, 7) is 7.05. The van der Waals surface area contributed by atoms with Crippen molar-refractivity contribution in [3.05, 3.63) is 75.8 Å². The largest absolute Gasteiger partial charge is 0.497 e. The number of carbonyl (C=O) groups is 1. The summed E-state index contributed by atoms with van der Waals surface area (Å²) < 4.78 is 10.3. The molecule has 5 heteroatoms. The van der Waals surface area contributed by atoms with Gasteiger partial charge in [0.05, 0.1) is 26.9 Å². The first-order valence-corrected chi connectivity index (χ1v) is 9.99. The summed E-state index contributed by atoms with van der Waals surface area (Å²) in [6.07, 6.45) is 5.48. The highest BCUT2D eigenvalue weighted by Crippen LogP contribution is 2.35. The maximum absolute atomic E-state index is 11.5. The maximum Gasteiger partial charge on any atom is 0.265 e. The summed E-state index contributed by atoms with van der Waals surface area (Å²) in [5.74, 6) is 1.79. The summed E-state index contributed by atoms with van der Waals surface area (Å²) in [5.41, 5.74) is 5.29. The second kappa shape index (κ2) is 9.76. The number of carbonyl (C=O) groups excluding carboxylic acids is 1. The van der Waals surface area contributed by atoms with E-state index < -0.39 is 0 Å². The van der Waals surface area contributed by atoms with Crippen molar-refractivity contribution in [2.45, 2.75) is 38.5 Å². The van der Waals surface area contributed by atoms with Crippen LogP contribution < -0.4 is 9.47 Å². The van der Waals surface area contributed by atoms with E-state index in [1.165, 1.54) is 5.56 Å². The number of fused-ring (bicyclic) bond motifs is 2. The normalized spacial score (nSPS) is 15.9. The molecule has 4 rings (SSSR count). The molecule has 0 saturated carbocycles. The molecule has 0 spiro atoms. The third-order valence-corrected chi connectivity index (χ3v) is 5.49. The molecule has 0 amide bonds. The van der Waals surface area contributed by atoms with E-state index in [0.717, 1.165) is 65.9 Å². The maximum atomic E-state index is 11.5. The van der Waals surface area contributed by atoms with Gasteiger partial charge in [-0.15, -0.1) is 0 Å². The monoisotopic (exact) mass is 400 g/mol. The van der Waals surface area contributed by atoms with E-state index in [4.69, 9.17) is 21.3 Å². The Bertz CT molecular complexity index is 1050. The number of methoxy groups -OCH3 is 2. The van der Waals surface area contributed by atoms with Gasteiger partial charge in [0.25, 0.3) is 5.70 Å². The number of ether oxygens (including phenoxy) is 2. The summed E-state index contributed by atoms with van der Waals surface area (Å²) in [6, 6.07) is 13.6. The molecule has 2 aromatic carbocycles. The summed E-state index contributed by atoms with van der Waals surface area (Å²) in [5, 5.41) is 8.98. The molecule has 0 heterocycles. The number of benzene rings is 2. The van der Waals surface area contributed by atoms with Crippen molar-refractivity contribution in [2.75, 3.05) is 14.2 Å². The lowest BCUT2D eigenvalue weighted by molar-refractivity contribution is 0.0972. The number of Topliss-reactive ketones (excluding diaryl/α,β-unsaturated/α-hetero) is 1. The molecule has 5 nitrogen and oxygen atoms in total. The highest BCUT2D eigenvalue weighted by molar-refractivity contribution is 5.98. The zero-order valence-corrected chi connectivity index (χ0v) is 17.3. The number of allylic oxidation sites excluding steroid dienone is 2. The number of nitriles is 1. The number of hydrogen-bond donors (Lipinski definition) is 0. The van der Waals surface area contributed by atoms with Gasteiger partial charge in [0.1, 0.15) is 11.5 Å². The number of hydrogen-bond acceptors (Lipinski definition) is 4. The van der Waals surface area contributed by atoms with Gasteiger partial charge in [0.2, 0.25) is 0 Å². The van der Waals surface area contributed by atoms with Gasteiger partial charge in [-0.25, -0.2) is 10.1 Å². The molecule has 2 aromatic rings. The third kappa shape index (κ3) is 4.53. The van der Waals surface area contributed by atoms with Gasteiger partial charge in [0, 0.05) is 12.0 Å². The van der Waals surface area contributed by atoms with Crippen LogP contribution in [0.4, 0.5) is 0 Å². The van der Waals surface area contributed by atoms with Crippen LogP contribution in [0.2, 0.25) is 0 Å². The Morgan fingerprint density at radius 3 is 2.07 bits per heavy atom. The van der Waals surface area contributed by atoms with Crippen LogP contribution in [0.5, 0.6) is 11.5 Å². The lowest BCUT2D eigenvalue weighted by atomic mass is 9.86. The number of ketones is 1. The van der Waals surface area contributed by atoms with Crippen molar-refractivity contribution in [1.82, 2.24) is 0 Å². The zero-order valence-electron chi connectivity index (χ0n) is 17.3. The second-order valence-corrected chi connectivity index (χ2v) is 7.23. The predicted molar refractivity (Wildman–Crippen MR) is 115 cm³/mol. The average molecular weight is 400 g/mol. The van der Waals surface area contributed by atoms with Gasteiger partial charge >= 0.3 is 0 Å². The molecule has 0 radical (unpaired) electrons. The van der Waals surface area contributed by atoms with E-state index in [2.05, 4.69) is 4.85 Å². The Morgan fingerprint density at radius 1 is 0.933 bits per heavy atom. The fourth-order valence-electron chi connectivity index (χ4n) is 3.91. The minimum absolute atomic E-state index is 0.208. The molecule has 152 valence electrons. The molecule has 0 unspecified atom stereocenters. The molecule has 2 aliphatic rings. The van der Waals surface area contributed by atoms with Crippen LogP contribution in [0, 0.1) is 17.9 Å². The molecular formula is C25H24N2O3. The smallest absolute Gasteiger partial charge is 0.265 e. The van der Waals surface area contributed by atoms with Gasteiger partial charge in [-0.3, -0.25) is 4.79 Å². The van der Waals surface area contributed by atoms with Crippen LogP contribution in [0.15, 0.2) is 42.1 Å². The SMILES string of the molecule is COc1ccc2c(c1)C(=O)CCC2.[C-]#[N+]/C(C#N)=C1/CCCc2ccc(OC)cc21. The van der Waals surface area contributed by atoms with Gasteiger partial charge in [-0.05, 0) is 78.6 Å². The molecule has 0 saturated heterocycles. The first kappa shape index (κ1) is 21.1. The van der Waals surface area contributed by atoms with Gasteiger partial charge in [0.15, 0.2) is 5.78 Å². The molecule has 0 atom stereocenters. The zero-order chi connectivity index (χ0) is 21.5. The topological polar surface area (TPSA) is 63.7 Å². The predicted octanol–water partition coefficient (Wildman–Crippen LogP) is 5.40. The summed E-state index contributed by atoms with van der Waals surface area (Å²) >= 11 is 0. The quantitative estimate of drug-likeness (QED) is 0.500. The second-order valence-electron chi connectivity index (χ2n) is 7.23. The minimum Gasteiger partial charge on any atom is -0.497 e. The minimum atomic E-state index is 0.208. The van der Waals surface area contributed by atoms with Crippen molar-refractivity contribution in [3.8, 4) is 17.6 Å². The first-order chi connectivity index (χ1) is 14.6. The van der Waals surface area contributed by atoms with E-state index >= 15 is 0 Å². The molecule has 0 N–H and O–H groups in total. The highest BCUT2D eigenvalue weighted by atomic mass is 16.5. The van der Waals surface area contributed by atoms with Crippen LogP contribution in [-0.4, -0.2) is 20.0 Å². The van der Waals surface area contributed by atoms with Crippen LogP contribution in [0.3, 0.4) is 0 Å². The lowest BCUT2D eigenvalue weighted by Crippen LogP contribution is -2.10. The Kier molecular flexibility index (Phi) is 6.88. The molecule has 30 heavy (non-hydrogen) atoms. The van der Waals surface area contributed by atoms with E-state index in [9.17, 15) is 4.79 Å². The van der Waals surface area contributed by atoms with E-state index in [1.807, 2.05) is 42.5 Å². The van der Waals surface area contributed by atoms with E-state index in [0.29, 0.717) is 6.42 Å². The summed E-state index contributed by atoms with van der Waals surface area (Å²) in [7, 11) is 3.24. The first-order valence-electron chi connectivity index (χ1n) is 9.99. The van der Waals surface area contributed by atoms with Crippen LogP contribution in [0.1, 0.15) is 52.7 Å². The van der Waals surface area contributed by atoms with Gasteiger partial charge in [-0.1, -0.05) is 12.1 Å². The van der Waals surface area contributed by atoms with Crippen molar-refractivity contribution < 1.29 is 14.3 Å². The fraction of sp³-hybridized carbons (Fsp3) is 0.320. The van der Waals surface area contributed by atoms with Crippen molar-refractivity contribution in [3.63, 3.8) is 0 Å². The molecule has 0 bridgehead atoms. The van der Waals surface area contributed by atoms with E-state index in [1.54, 1.807) is 14.2 Å². The van der Waals surface area contributed by atoms with Gasteiger partial charge < -0.3 is 9.47 Å². The number of rotatable bonds is 2. The highest BCUT2D eigenvalue weighted by Gasteiger charge is 2.19. The standard InChI is InChI=1S/C14H12N2O.C11H12O2/c1-16-14(9-15)12-5-3-4-10-6-7-11(17-2)8-13(10)12;1-13-9-6-5-8-3-2-4-11(12)10(8)7-9/h6-8H,3-5H2,2H3;5-7H,2-4H2,1H3/b14-12-;. The van der Waals surface area contributed by atoms with Crippen molar-refractivity contribution >= 4 is 11.4 Å². The molecule has 0 aromatic heterocycles. The summed E-state index contributed by atoms with van der Waals surface area (Å²) in [4.78, 5) is 14.8. The van der Waals surface area contributed by atoms with Crippen molar-refractivity contribution in [1.29, 1.82) is 5.26 Å². The molecular weight excluding hydrogens is 376 g/mol. The van der Waals surface area contributed by atoms with Crippen LogP contribution >= 0.6 is 0 Å². The average Bonchev–Trinajstić information content (AvgIpc) is 2.80. The fourth-order valence-corrected chi connectivity index (χ4v) is 3.91.